The first-order valence-corrected chi connectivity index (χ1v) is 8.73. The van der Waals surface area contributed by atoms with Gasteiger partial charge in [-0.1, -0.05) is 44.2 Å². The van der Waals surface area contributed by atoms with E-state index in [-0.39, 0.29) is 12.0 Å². The Kier molecular flexibility index (Phi) is 7.94. The van der Waals surface area contributed by atoms with E-state index in [4.69, 9.17) is 9.47 Å². The molecule has 25 heavy (non-hydrogen) atoms. The molecule has 0 aromatic heterocycles. The number of benzene rings is 1. The van der Waals surface area contributed by atoms with Crippen molar-refractivity contribution in [1.82, 2.24) is 5.32 Å². The second kappa shape index (κ2) is 9.44. The SMILES string of the molecule is COC(=O)[C@@H](Cc1ccccc1)[C@H](CC(C)C)NC(=O)OC(C)(C)C. The summed E-state index contributed by atoms with van der Waals surface area (Å²) in [6, 6.07) is 9.38. The van der Waals surface area contributed by atoms with Gasteiger partial charge < -0.3 is 14.8 Å². The average molecular weight is 349 g/mol. The van der Waals surface area contributed by atoms with Gasteiger partial charge in [-0.2, -0.15) is 0 Å². The van der Waals surface area contributed by atoms with Crippen molar-refractivity contribution in [3.63, 3.8) is 0 Å². The number of amides is 1. The van der Waals surface area contributed by atoms with Crippen molar-refractivity contribution in [3.05, 3.63) is 35.9 Å². The minimum Gasteiger partial charge on any atom is -0.469 e. The fraction of sp³-hybridized carbons (Fsp3) is 0.600. The molecule has 0 spiro atoms. The Morgan fingerprint density at radius 1 is 1.12 bits per heavy atom. The van der Waals surface area contributed by atoms with Gasteiger partial charge in [0.2, 0.25) is 0 Å². The summed E-state index contributed by atoms with van der Waals surface area (Å²) in [5.74, 6) is -0.490. The lowest BCUT2D eigenvalue weighted by Crippen LogP contribution is -2.47. The molecule has 1 amide bonds. The van der Waals surface area contributed by atoms with Crippen LogP contribution in [-0.2, 0) is 20.7 Å². The summed E-state index contributed by atoms with van der Waals surface area (Å²) in [5.41, 5.74) is 0.435. The van der Waals surface area contributed by atoms with Crippen molar-refractivity contribution in [1.29, 1.82) is 0 Å². The van der Waals surface area contributed by atoms with E-state index in [1.54, 1.807) is 0 Å². The number of carbonyl (C=O) groups is 2. The molecule has 0 saturated heterocycles. The molecule has 1 aromatic carbocycles. The normalized spacial score (nSPS) is 13.9. The number of nitrogens with one attached hydrogen (secondary N) is 1. The van der Waals surface area contributed by atoms with Gasteiger partial charge >= 0.3 is 12.1 Å². The average Bonchev–Trinajstić information content (AvgIpc) is 2.50. The lowest BCUT2D eigenvalue weighted by Gasteiger charge is -2.29. The van der Waals surface area contributed by atoms with E-state index >= 15 is 0 Å². The molecule has 1 rings (SSSR count). The summed E-state index contributed by atoms with van der Waals surface area (Å²) in [6.07, 6.45) is 0.645. The molecule has 140 valence electrons. The van der Waals surface area contributed by atoms with Crippen LogP contribution in [0, 0.1) is 11.8 Å². The molecule has 0 saturated carbocycles. The number of methoxy groups -OCH3 is 1. The Bertz CT molecular complexity index is 549. The molecule has 1 aromatic rings. The van der Waals surface area contributed by atoms with Crippen LogP contribution < -0.4 is 5.32 Å². The Labute approximate surface area is 151 Å². The van der Waals surface area contributed by atoms with Gasteiger partial charge in [0, 0.05) is 6.04 Å². The standard InChI is InChI=1S/C20H31NO4/c1-14(2)12-17(21-19(23)25-20(3,4)5)16(18(22)24-6)13-15-10-8-7-9-11-15/h7-11,14,16-17H,12-13H2,1-6H3,(H,21,23)/t16-,17-/m0/s1. The van der Waals surface area contributed by atoms with Crippen LogP contribution in [0.25, 0.3) is 0 Å². The molecule has 0 bridgehead atoms. The van der Waals surface area contributed by atoms with Crippen molar-refractivity contribution in [2.45, 2.75) is 59.1 Å². The van der Waals surface area contributed by atoms with Crippen LogP contribution in [-0.4, -0.2) is 30.8 Å². The highest BCUT2D eigenvalue weighted by Gasteiger charge is 2.32. The first kappa shape index (κ1) is 21.0. The third-order valence-corrected chi connectivity index (χ3v) is 3.72. The smallest absolute Gasteiger partial charge is 0.407 e. The largest absolute Gasteiger partial charge is 0.469 e. The van der Waals surface area contributed by atoms with Gasteiger partial charge in [0.25, 0.3) is 0 Å². The second-order valence-corrected chi connectivity index (χ2v) is 7.70. The minimum absolute atomic E-state index is 0.308. The highest BCUT2D eigenvalue weighted by molar-refractivity contribution is 5.75. The van der Waals surface area contributed by atoms with Crippen LogP contribution in [0.1, 0.15) is 46.6 Å². The summed E-state index contributed by atoms with van der Waals surface area (Å²) in [7, 11) is 1.38. The second-order valence-electron chi connectivity index (χ2n) is 7.70. The molecule has 5 nitrogen and oxygen atoms in total. The van der Waals surface area contributed by atoms with E-state index in [1.165, 1.54) is 7.11 Å². The maximum Gasteiger partial charge on any atom is 0.407 e. The summed E-state index contributed by atoms with van der Waals surface area (Å²) < 4.78 is 10.4. The van der Waals surface area contributed by atoms with E-state index < -0.39 is 17.6 Å². The van der Waals surface area contributed by atoms with E-state index in [2.05, 4.69) is 19.2 Å². The number of hydrogen-bond acceptors (Lipinski definition) is 4. The molecule has 0 heterocycles. The number of esters is 1. The molecule has 0 radical (unpaired) electrons. The maximum absolute atomic E-state index is 12.4. The summed E-state index contributed by atoms with van der Waals surface area (Å²) in [4.78, 5) is 24.6. The third kappa shape index (κ3) is 8.05. The van der Waals surface area contributed by atoms with Crippen LogP contribution in [0.5, 0.6) is 0 Å². The van der Waals surface area contributed by atoms with Gasteiger partial charge in [-0.25, -0.2) is 4.79 Å². The number of alkyl carbamates (subject to hydrolysis) is 1. The molecule has 0 aliphatic carbocycles. The van der Waals surface area contributed by atoms with E-state index in [0.29, 0.717) is 18.8 Å². The summed E-state index contributed by atoms with van der Waals surface area (Å²) in [5, 5.41) is 2.88. The van der Waals surface area contributed by atoms with E-state index in [1.807, 2.05) is 51.1 Å². The van der Waals surface area contributed by atoms with Crippen molar-refractivity contribution in [3.8, 4) is 0 Å². The molecule has 0 unspecified atom stereocenters. The van der Waals surface area contributed by atoms with Crippen LogP contribution >= 0.6 is 0 Å². The van der Waals surface area contributed by atoms with E-state index in [9.17, 15) is 9.59 Å². The van der Waals surface area contributed by atoms with Crippen LogP contribution in [0.3, 0.4) is 0 Å². The van der Waals surface area contributed by atoms with Gasteiger partial charge in [0.1, 0.15) is 5.60 Å². The highest BCUT2D eigenvalue weighted by Crippen LogP contribution is 2.21. The molecule has 0 aliphatic rings. The quantitative estimate of drug-likeness (QED) is 0.757. The van der Waals surface area contributed by atoms with Gasteiger partial charge in [-0.05, 0) is 45.1 Å². The fourth-order valence-electron chi connectivity index (χ4n) is 2.70. The van der Waals surface area contributed by atoms with Gasteiger partial charge in [-0.3, -0.25) is 4.79 Å². The zero-order valence-corrected chi connectivity index (χ0v) is 16.2. The monoisotopic (exact) mass is 349 g/mol. The van der Waals surface area contributed by atoms with Gasteiger partial charge in [0.05, 0.1) is 13.0 Å². The number of ether oxygens (including phenoxy) is 2. The van der Waals surface area contributed by atoms with Gasteiger partial charge in [-0.15, -0.1) is 0 Å². The highest BCUT2D eigenvalue weighted by atomic mass is 16.6. The first-order chi connectivity index (χ1) is 11.6. The number of rotatable bonds is 7. The minimum atomic E-state index is -0.591. The Morgan fingerprint density at radius 3 is 2.20 bits per heavy atom. The summed E-state index contributed by atoms with van der Waals surface area (Å²) >= 11 is 0. The lowest BCUT2D eigenvalue weighted by atomic mass is 9.87. The Balaban J connectivity index is 2.99. The molecule has 0 aliphatic heterocycles. The van der Waals surface area contributed by atoms with Crippen LogP contribution in [0.2, 0.25) is 0 Å². The Hall–Kier alpha value is -2.04. The molecule has 1 N–H and O–H groups in total. The topological polar surface area (TPSA) is 64.6 Å². The zero-order valence-electron chi connectivity index (χ0n) is 16.2. The number of carbonyl (C=O) groups excluding carboxylic acids is 2. The van der Waals surface area contributed by atoms with Crippen molar-refractivity contribution in [2.75, 3.05) is 7.11 Å². The predicted molar refractivity (Wildman–Crippen MR) is 98.3 cm³/mol. The predicted octanol–water partition coefficient (Wildman–Crippen LogP) is 3.96. The van der Waals surface area contributed by atoms with E-state index in [0.717, 1.165) is 5.56 Å². The zero-order chi connectivity index (χ0) is 19.0. The molecular formula is C20H31NO4. The molecule has 5 heteroatoms. The van der Waals surface area contributed by atoms with Crippen LogP contribution in [0.15, 0.2) is 30.3 Å². The fourth-order valence-corrected chi connectivity index (χ4v) is 2.70. The van der Waals surface area contributed by atoms with Crippen molar-refractivity contribution < 1.29 is 19.1 Å². The van der Waals surface area contributed by atoms with Crippen LogP contribution in [0.4, 0.5) is 4.79 Å². The third-order valence-electron chi connectivity index (χ3n) is 3.72. The summed E-state index contributed by atoms with van der Waals surface area (Å²) in [6.45, 7) is 9.55. The van der Waals surface area contributed by atoms with Crippen molar-refractivity contribution in [2.24, 2.45) is 11.8 Å². The lowest BCUT2D eigenvalue weighted by molar-refractivity contribution is -0.146. The first-order valence-electron chi connectivity index (χ1n) is 8.73. The Morgan fingerprint density at radius 2 is 1.72 bits per heavy atom. The maximum atomic E-state index is 12.4. The molecular weight excluding hydrogens is 318 g/mol. The molecule has 0 fully saturated rings. The van der Waals surface area contributed by atoms with Gasteiger partial charge in [0.15, 0.2) is 0 Å². The van der Waals surface area contributed by atoms with Crippen molar-refractivity contribution >= 4 is 12.1 Å². The number of hydrogen-bond donors (Lipinski definition) is 1. The molecule has 2 atom stereocenters.